The van der Waals surface area contributed by atoms with Crippen LogP contribution in [0.5, 0.6) is 0 Å². The van der Waals surface area contributed by atoms with Gasteiger partial charge in [0.15, 0.2) is 0 Å². The summed E-state index contributed by atoms with van der Waals surface area (Å²) in [5.74, 6) is -0.0331. The summed E-state index contributed by atoms with van der Waals surface area (Å²) in [6.45, 7) is 2.06. The van der Waals surface area contributed by atoms with Gasteiger partial charge >= 0.3 is 0 Å². The summed E-state index contributed by atoms with van der Waals surface area (Å²) in [5.41, 5.74) is 2.95. The Hall–Kier alpha value is -2.43. The number of amides is 1. The highest BCUT2D eigenvalue weighted by Gasteiger charge is 2.15. The van der Waals surface area contributed by atoms with Crippen molar-refractivity contribution in [1.29, 1.82) is 0 Å². The van der Waals surface area contributed by atoms with Crippen LogP contribution in [-0.2, 0) is 0 Å². The van der Waals surface area contributed by atoms with Gasteiger partial charge in [-0.1, -0.05) is 11.6 Å². The fraction of sp³-hybridized carbons (Fsp3) is 0.353. The average molecular weight is 296 g/mol. The van der Waals surface area contributed by atoms with Crippen molar-refractivity contribution in [1.82, 2.24) is 20.1 Å². The quantitative estimate of drug-likeness (QED) is 0.883. The largest absolute Gasteiger partial charge is 0.346 e. The Morgan fingerprint density at radius 1 is 1.18 bits per heavy atom. The maximum atomic E-state index is 12.3. The summed E-state index contributed by atoms with van der Waals surface area (Å²) in [6, 6.07) is 7.54. The standard InChI is InChI=1S/C17H20N4O/c1-13(14-5-3-2-4-6-14)20-17(22)15-7-9-16(10-8-15)21-11-18-19-12-21/h5,7-13H,2-4,6H2,1H3,(H,20,22). The highest BCUT2D eigenvalue weighted by molar-refractivity contribution is 5.94. The molecule has 1 aromatic heterocycles. The minimum atomic E-state index is -0.0331. The molecule has 0 saturated heterocycles. The number of nitrogens with one attached hydrogen (secondary N) is 1. The monoisotopic (exact) mass is 296 g/mol. The molecule has 5 nitrogen and oxygen atoms in total. The molecule has 1 N–H and O–H groups in total. The Labute approximate surface area is 130 Å². The molecule has 1 unspecified atom stereocenters. The van der Waals surface area contributed by atoms with E-state index in [4.69, 9.17) is 0 Å². The number of benzene rings is 1. The van der Waals surface area contributed by atoms with Gasteiger partial charge in [0.25, 0.3) is 5.91 Å². The fourth-order valence-electron chi connectivity index (χ4n) is 2.75. The highest BCUT2D eigenvalue weighted by atomic mass is 16.1. The van der Waals surface area contributed by atoms with Crippen LogP contribution >= 0.6 is 0 Å². The van der Waals surface area contributed by atoms with Crippen LogP contribution in [0, 0.1) is 0 Å². The molecule has 22 heavy (non-hydrogen) atoms. The molecule has 1 heterocycles. The Kier molecular flexibility index (Phi) is 4.32. The first-order valence-electron chi connectivity index (χ1n) is 7.69. The zero-order chi connectivity index (χ0) is 15.4. The van der Waals surface area contributed by atoms with E-state index in [2.05, 4.69) is 28.5 Å². The molecule has 0 aliphatic heterocycles. The predicted molar refractivity (Wildman–Crippen MR) is 84.8 cm³/mol. The van der Waals surface area contributed by atoms with Crippen molar-refractivity contribution < 1.29 is 4.79 Å². The number of hydrogen-bond donors (Lipinski definition) is 1. The minimum Gasteiger partial charge on any atom is -0.346 e. The normalized spacial score (nSPS) is 16.0. The second kappa shape index (κ2) is 6.56. The van der Waals surface area contributed by atoms with E-state index < -0.39 is 0 Å². The van der Waals surface area contributed by atoms with E-state index in [1.165, 1.54) is 18.4 Å². The maximum Gasteiger partial charge on any atom is 0.251 e. The molecule has 1 atom stereocenters. The van der Waals surface area contributed by atoms with Crippen LogP contribution < -0.4 is 5.32 Å². The van der Waals surface area contributed by atoms with Gasteiger partial charge in [-0.2, -0.15) is 0 Å². The predicted octanol–water partition coefficient (Wildman–Crippen LogP) is 2.89. The van der Waals surface area contributed by atoms with Crippen molar-refractivity contribution in [2.24, 2.45) is 0 Å². The lowest BCUT2D eigenvalue weighted by molar-refractivity contribution is 0.0944. The Balaban J connectivity index is 1.66. The van der Waals surface area contributed by atoms with Crippen molar-refractivity contribution in [2.75, 3.05) is 0 Å². The molecule has 1 aliphatic rings. The molecule has 2 aromatic rings. The summed E-state index contributed by atoms with van der Waals surface area (Å²) < 4.78 is 1.80. The Morgan fingerprint density at radius 3 is 2.55 bits per heavy atom. The lowest BCUT2D eigenvalue weighted by atomic mass is 9.94. The molecular formula is C17H20N4O. The van der Waals surface area contributed by atoms with Gasteiger partial charge in [-0.25, -0.2) is 0 Å². The van der Waals surface area contributed by atoms with Crippen LogP contribution in [-0.4, -0.2) is 26.7 Å². The van der Waals surface area contributed by atoms with Gasteiger partial charge in [0.2, 0.25) is 0 Å². The van der Waals surface area contributed by atoms with Crippen LogP contribution in [0.4, 0.5) is 0 Å². The first-order chi connectivity index (χ1) is 10.7. The number of rotatable bonds is 4. The molecule has 114 valence electrons. The maximum absolute atomic E-state index is 12.3. The van der Waals surface area contributed by atoms with Crippen molar-refractivity contribution in [3.05, 3.63) is 54.1 Å². The van der Waals surface area contributed by atoms with Gasteiger partial charge in [0.05, 0.1) is 0 Å². The second-order valence-electron chi connectivity index (χ2n) is 5.64. The van der Waals surface area contributed by atoms with Gasteiger partial charge in [-0.3, -0.25) is 9.36 Å². The lowest BCUT2D eigenvalue weighted by Gasteiger charge is -2.21. The van der Waals surface area contributed by atoms with Crippen molar-refractivity contribution in [3.63, 3.8) is 0 Å². The molecular weight excluding hydrogens is 276 g/mol. The van der Waals surface area contributed by atoms with Gasteiger partial charge in [-0.15, -0.1) is 10.2 Å². The van der Waals surface area contributed by atoms with Crippen molar-refractivity contribution >= 4 is 5.91 Å². The molecule has 0 saturated carbocycles. The number of carbonyl (C=O) groups excluding carboxylic acids is 1. The molecule has 3 rings (SSSR count). The molecule has 1 aliphatic carbocycles. The molecule has 1 aromatic carbocycles. The van der Waals surface area contributed by atoms with E-state index in [-0.39, 0.29) is 11.9 Å². The van der Waals surface area contributed by atoms with Gasteiger partial charge in [0.1, 0.15) is 12.7 Å². The third-order valence-corrected chi connectivity index (χ3v) is 4.08. The summed E-state index contributed by atoms with van der Waals surface area (Å²) in [7, 11) is 0. The minimum absolute atomic E-state index is 0.0331. The zero-order valence-corrected chi connectivity index (χ0v) is 12.7. The molecule has 0 bridgehead atoms. The van der Waals surface area contributed by atoms with Gasteiger partial charge in [-0.05, 0) is 56.9 Å². The van der Waals surface area contributed by atoms with Crippen LogP contribution in [0.1, 0.15) is 43.0 Å². The molecule has 0 spiro atoms. The fourth-order valence-corrected chi connectivity index (χ4v) is 2.75. The van der Waals surface area contributed by atoms with E-state index in [1.807, 2.05) is 24.3 Å². The SMILES string of the molecule is CC(NC(=O)c1ccc(-n2cnnc2)cc1)C1=CCCCC1. The third-order valence-electron chi connectivity index (χ3n) is 4.08. The lowest BCUT2D eigenvalue weighted by Crippen LogP contribution is -2.34. The number of carbonyl (C=O) groups is 1. The van der Waals surface area contributed by atoms with E-state index >= 15 is 0 Å². The summed E-state index contributed by atoms with van der Waals surface area (Å²) >= 11 is 0. The van der Waals surface area contributed by atoms with Crippen molar-refractivity contribution in [2.45, 2.75) is 38.6 Å². The van der Waals surface area contributed by atoms with Crippen LogP contribution in [0.25, 0.3) is 5.69 Å². The Bertz CT molecular complexity index is 658. The molecule has 1 amide bonds. The van der Waals surface area contributed by atoms with Crippen molar-refractivity contribution in [3.8, 4) is 5.69 Å². The number of hydrogen-bond acceptors (Lipinski definition) is 3. The summed E-state index contributed by atoms with van der Waals surface area (Å²) in [4.78, 5) is 12.3. The number of aromatic nitrogens is 3. The van der Waals surface area contributed by atoms with E-state index in [9.17, 15) is 4.79 Å². The summed E-state index contributed by atoms with van der Waals surface area (Å²) in [6.07, 6.45) is 10.2. The number of allylic oxidation sites excluding steroid dienone is 1. The van der Waals surface area contributed by atoms with Crippen LogP contribution in [0.3, 0.4) is 0 Å². The van der Waals surface area contributed by atoms with E-state index in [0.717, 1.165) is 18.5 Å². The van der Waals surface area contributed by atoms with Crippen LogP contribution in [0.15, 0.2) is 48.6 Å². The smallest absolute Gasteiger partial charge is 0.251 e. The zero-order valence-electron chi connectivity index (χ0n) is 12.7. The van der Waals surface area contributed by atoms with Gasteiger partial charge < -0.3 is 5.32 Å². The van der Waals surface area contributed by atoms with Gasteiger partial charge in [0, 0.05) is 17.3 Å². The first-order valence-corrected chi connectivity index (χ1v) is 7.69. The van der Waals surface area contributed by atoms with E-state index in [0.29, 0.717) is 5.56 Å². The molecule has 5 heteroatoms. The van der Waals surface area contributed by atoms with Crippen LogP contribution in [0.2, 0.25) is 0 Å². The average Bonchev–Trinajstić information content (AvgIpc) is 3.10. The Morgan fingerprint density at radius 2 is 1.91 bits per heavy atom. The second-order valence-corrected chi connectivity index (χ2v) is 5.64. The number of nitrogens with zero attached hydrogens (tertiary/aromatic N) is 3. The molecule has 0 radical (unpaired) electrons. The first kappa shape index (κ1) is 14.5. The third kappa shape index (κ3) is 3.24. The molecule has 0 fully saturated rings. The highest BCUT2D eigenvalue weighted by Crippen LogP contribution is 2.20. The summed E-state index contributed by atoms with van der Waals surface area (Å²) in [5, 5.41) is 10.6. The van der Waals surface area contributed by atoms with E-state index in [1.54, 1.807) is 17.2 Å². The topological polar surface area (TPSA) is 59.8 Å².